The van der Waals surface area contributed by atoms with Gasteiger partial charge in [-0.15, -0.1) is 10.2 Å². The highest BCUT2D eigenvalue weighted by atomic mass is 16.6. The van der Waals surface area contributed by atoms with E-state index in [-0.39, 0.29) is 11.6 Å². The smallest absolute Gasteiger partial charge is 0.265 e. The summed E-state index contributed by atoms with van der Waals surface area (Å²) in [6.07, 6.45) is 0. The van der Waals surface area contributed by atoms with Crippen LogP contribution in [0, 0.1) is 0 Å². The molecule has 0 aliphatic heterocycles. The van der Waals surface area contributed by atoms with E-state index in [0.29, 0.717) is 0 Å². The molecule has 2 N–H and O–H groups in total. The molecule has 0 aromatic carbocycles. The normalized spacial score (nSPS) is 11.1. The minimum Gasteiger partial charge on any atom is -0.265 e. The molecule has 10 nitrogen and oxygen atoms in total. The summed E-state index contributed by atoms with van der Waals surface area (Å²) >= 11 is 0. The van der Waals surface area contributed by atoms with Gasteiger partial charge in [-0.25, -0.2) is 0 Å². The third kappa shape index (κ3) is 1.35. The van der Waals surface area contributed by atoms with Crippen molar-refractivity contribution < 1.29 is 9.26 Å². The molecule has 0 spiro atoms. The van der Waals surface area contributed by atoms with Crippen LogP contribution in [0.3, 0.4) is 0 Å². The van der Waals surface area contributed by atoms with Gasteiger partial charge in [0, 0.05) is 0 Å². The van der Waals surface area contributed by atoms with Gasteiger partial charge in [-0.05, 0) is 10.3 Å². The minimum atomic E-state index is -0.659. The van der Waals surface area contributed by atoms with Crippen LogP contribution in [0.4, 0.5) is 11.6 Å². The van der Waals surface area contributed by atoms with E-state index in [9.17, 15) is 9.59 Å². The summed E-state index contributed by atoms with van der Waals surface area (Å²) in [4.78, 5) is 21.5. The van der Waals surface area contributed by atoms with Crippen LogP contribution in [0.25, 0.3) is 0 Å². The summed E-state index contributed by atoms with van der Waals surface area (Å²) < 4.78 is 8.35. The Kier molecular flexibility index (Phi) is 1.78. The van der Waals surface area contributed by atoms with Crippen molar-refractivity contribution in [3.63, 3.8) is 0 Å². The van der Waals surface area contributed by atoms with E-state index in [4.69, 9.17) is 0 Å². The quantitative estimate of drug-likeness (QED) is 0.620. The molecule has 0 bridgehead atoms. The molecule has 0 amide bonds. The van der Waals surface area contributed by atoms with Crippen LogP contribution in [0.5, 0.6) is 0 Å². The highest BCUT2D eigenvalue weighted by Crippen LogP contribution is 2.04. The van der Waals surface area contributed by atoms with E-state index in [1.54, 1.807) is 0 Å². The molecule has 2 aromatic heterocycles. The number of hydrogen-bond acceptors (Lipinski definition) is 8. The maximum absolute atomic E-state index is 10.8. The molecule has 0 aliphatic carbocycles. The molecule has 2 rings (SSSR count). The van der Waals surface area contributed by atoms with Gasteiger partial charge in [-0.2, -0.15) is 10.3 Å². The number of rotatable bonds is 2. The van der Waals surface area contributed by atoms with Crippen molar-refractivity contribution >= 4 is 11.6 Å². The Bertz CT molecular complexity index is 506. The topological polar surface area (TPSA) is 142 Å². The summed E-state index contributed by atoms with van der Waals surface area (Å²) in [6.45, 7) is 0. The molecule has 0 saturated heterocycles. The zero-order valence-electron chi connectivity index (χ0n) is 6.42. The van der Waals surface area contributed by atoms with E-state index in [1.165, 1.54) is 0 Å². The molecule has 0 saturated carbocycles. The van der Waals surface area contributed by atoms with Crippen molar-refractivity contribution in [2.75, 3.05) is 0 Å². The van der Waals surface area contributed by atoms with Crippen molar-refractivity contribution in [1.29, 1.82) is 0 Å². The fourth-order valence-corrected chi connectivity index (χ4v) is 0.611. The molecule has 72 valence electrons. The molecule has 10 heteroatoms. The van der Waals surface area contributed by atoms with E-state index >= 15 is 0 Å². The molecular weight excluding hydrogens is 196 g/mol. The first kappa shape index (κ1) is 8.10. The molecule has 2 heterocycles. The lowest BCUT2D eigenvalue weighted by atomic mass is 10.7. The van der Waals surface area contributed by atoms with Crippen LogP contribution < -0.4 is 11.1 Å². The Labute approximate surface area is 73.5 Å². The Hall–Kier alpha value is -2.52. The SMILES string of the molecule is O=c1[nH]onc1N=Nc1no[nH]c1=O. The second-order valence-corrected chi connectivity index (χ2v) is 2.07. The Balaban J connectivity index is 2.32. The first-order chi connectivity index (χ1) is 6.77. The van der Waals surface area contributed by atoms with Crippen molar-refractivity contribution in [2.24, 2.45) is 10.2 Å². The van der Waals surface area contributed by atoms with Gasteiger partial charge < -0.3 is 0 Å². The third-order valence-electron chi connectivity index (χ3n) is 1.19. The fraction of sp³-hybridized carbons (Fsp3) is 0. The predicted molar refractivity (Wildman–Crippen MR) is 38.4 cm³/mol. The van der Waals surface area contributed by atoms with E-state index in [1.807, 2.05) is 10.3 Å². The molecule has 0 radical (unpaired) electrons. The summed E-state index contributed by atoms with van der Waals surface area (Å²) in [5.74, 6) is -0.625. The molecule has 14 heavy (non-hydrogen) atoms. The highest BCUT2D eigenvalue weighted by Gasteiger charge is 2.05. The average Bonchev–Trinajstić information content (AvgIpc) is 2.72. The lowest BCUT2D eigenvalue weighted by Crippen LogP contribution is -1.97. The molecule has 0 atom stereocenters. The van der Waals surface area contributed by atoms with Gasteiger partial charge >= 0.3 is 11.1 Å². The van der Waals surface area contributed by atoms with Crippen LogP contribution in [-0.4, -0.2) is 20.6 Å². The van der Waals surface area contributed by atoms with Crippen molar-refractivity contribution in [3.05, 3.63) is 20.7 Å². The zero-order valence-corrected chi connectivity index (χ0v) is 6.42. The van der Waals surface area contributed by atoms with E-state index in [0.717, 1.165) is 0 Å². The van der Waals surface area contributed by atoms with Crippen molar-refractivity contribution in [3.8, 4) is 0 Å². The van der Waals surface area contributed by atoms with Gasteiger partial charge in [0.2, 0.25) is 0 Å². The van der Waals surface area contributed by atoms with E-state index < -0.39 is 11.1 Å². The van der Waals surface area contributed by atoms with Crippen LogP contribution in [0.2, 0.25) is 0 Å². The number of azo groups is 1. The summed E-state index contributed by atoms with van der Waals surface area (Å²) in [5.41, 5.74) is -1.32. The van der Waals surface area contributed by atoms with Crippen molar-refractivity contribution in [2.45, 2.75) is 0 Å². The first-order valence-corrected chi connectivity index (χ1v) is 3.28. The molecule has 0 aliphatic rings. The monoisotopic (exact) mass is 198 g/mol. The van der Waals surface area contributed by atoms with Crippen LogP contribution in [0.1, 0.15) is 0 Å². The van der Waals surface area contributed by atoms with Gasteiger partial charge in [0.15, 0.2) is 0 Å². The molecular formula is C4H2N6O4. The maximum Gasteiger partial charge on any atom is 0.329 e. The van der Waals surface area contributed by atoms with Crippen LogP contribution in [0.15, 0.2) is 29.1 Å². The van der Waals surface area contributed by atoms with Gasteiger partial charge in [0.05, 0.1) is 0 Å². The largest absolute Gasteiger partial charge is 0.329 e. The lowest BCUT2D eigenvalue weighted by molar-refractivity contribution is 0.304. The third-order valence-corrected chi connectivity index (χ3v) is 1.19. The minimum absolute atomic E-state index is 0.313. The number of H-pyrrole nitrogens is 2. The van der Waals surface area contributed by atoms with Gasteiger partial charge in [-0.1, -0.05) is 0 Å². The van der Waals surface area contributed by atoms with Gasteiger partial charge in [0.25, 0.3) is 11.6 Å². The van der Waals surface area contributed by atoms with Gasteiger partial charge in [-0.3, -0.25) is 18.8 Å². The summed E-state index contributed by atoms with van der Waals surface area (Å²) in [6, 6.07) is 0. The number of aromatic amines is 2. The number of aromatic nitrogens is 4. The summed E-state index contributed by atoms with van der Waals surface area (Å²) in [5, 5.41) is 16.7. The lowest BCUT2D eigenvalue weighted by Gasteiger charge is -1.74. The summed E-state index contributed by atoms with van der Waals surface area (Å²) in [7, 11) is 0. The fourth-order valence-electron chi connectivity index (χ4n) is 0.611. The maximum atomic E-state index is 10.8. The second-order valence-electron chi connectivity index (χ2n) is 2.07. The Morgan fingerprint density at radius 1 is 0.929 bits per heavy atom. The average molecular weight is 198 g/mol. The highest BCUT2D eigenvalue weighted by molar-refractivity contribution is 5.22. The Morgan fingerprint density at radius 2 is 1.36 bits per heavy atom. The molecule has 0 unspecified atom stereocenters. The number of nitrogens with one attached hydrogen (secondary N) is 2. The van der Waals surface area contributed by atoms with Crippen LogP contribution >= 0.6 is 0 Å². The van der Waals surface area contributed by atoms with Crippen molar-refractivity contribution in [1.82, 2.24) is 20.6 Å². The standard InChI is InChI=1S/C4H2N6O4/c11-3-1(7-13-9-3)5-6-2-4(12)10-14-8-2/h(H,9,11)(H,10,12). The van der Waals surface area contributed by atoms with Gasteiger partial charge in [0.1, 0.15) is 0 Å². The van der Waals surface area contributed by atoms with Crippen LogP contribution in [-0.2, 0) is 0 Å². The second kappa shape index (κ2) is 3.08. The van der Waals surface area contributed by atoms with E-state index in [2.05, 4.69) is 29.8 Å². The number of hydrogen-bond donors (Lipinski definition) is 2. The molecule has 0 fully saturated rings. The first-order valence-electron chi connectivity index (χ1n) is 3.28. The number of nitrogens with zero attached hydrogens (tertiary/aromatic N) is 4. The zero-order chi connectivity index (χ0) is 9.97. The molecule has 2 aromatic rings. The Morgan fingerprint density at radius 3 is 1.64 bits per heavy atom. The predicted octanol–water partition coefficient (Wildman–Crippen LogP) is -0.545.